The largest absolute Gasteiger partial charge is 0.450 e. The molecule has 1 aromatic carbocycles. The van der Waals surface area contributed by atoms with Crippen LogP contribution in [0.15, 0.2) is 30.3 Å². The second-order valence-electron chi connectivity index (χ2n) is 4.29. The van der Waals surface area contributed by atoms with E-state index in [0.717, 1.165) is 24.3 Å². The lowest BCUT2D eigenvalue weighted by atomic mass is 10.0. The number of aromatic nitrogens is 3. The zero-order chi connectivity index (χ0) is 18.2. The van der Waals surface area contributed by atoms with Crippen LogP contribution in [0.2, 0.25) is 0 Å². The normalized spacial score (nSPS) is 15.0. The second-order valence-corrected chi connectivity index (χ2v) is 4.29. The summed E-state index contributed by atoms with van der Waals surface area (Å²) in [6, 6.07) is 5.22. The summed E-state index contributed by atoms with van der Waals surface area (Å²) in [5, 5.41) is 0. The molecule has 24 heavy (non-hydrogen) atoms. The Labute approximate surface area is 128 Å². The number of alkyl halides is 6. The van der Waals surface area contributed by atoms with Gasteiger partial charge in [-0.25, -0.2) is 4.39 Å². The number of hydrogen-bond donors (Lipinski definition) is 0. The standard InChI is InChI=1S/C12H5F8N3O/c13-8-21-7(22-9(14)23-8)10(15,11(16,17)18)12(19,20)24-6-4-2-1-3-5-6/h1-5H. The maximum atomic E-state index is 14.4. The summed E-state index contributed by atoms with van der Waals surface area (Å²) in [5.74, 6) is -3.34. The molecule has 1 unspecified atom stereocenters. The Morgan fingerprint density at radius 2 is 1.25 bits per heavy atom. The number of halogens is 8. The Balaban J connectivity index is 2.58. The molecule has 1 atom stereocenters. The summed E-state index contributed by atoms with van der Waals surface area (Å²) in [6.45, 7) is 0. The van der Waals surface area contributed by atoms with Crippen molar-refractivity contribution in [2.75, 3.05) is 0 Å². The number of ether oxygens (including phenoxy) is 1. The minimum atomic E-state index is -6.37. The first-order valence-corrected chi connectivity index (χ1v) is 5.92. The highest BCUT2D eigenvalue weighted by molar-refractivity contribution is 5.23. The highest BCUT2D eigenvalue weighted by Gasteiger charge is 2.77. The van der Waals surface area contributed by atoms with E-state index in [-0.39, 0.29) is 0 Å². The third kappa shape index (κ3) is 3.08. The van der Waals surface area contributed by atoms with Crippen molar-refractivity contribution in [2.24, 2.45) is 0 Å². The molecule has 0 bridgehead atoms. The third-order valence-electron chi connectivity index (χ3n) is 2.67. The van der Waals surface area contributed by atoms with Gasteiger partial charge in [-0.15, -0.1) is 0 Å². The Kier molecular flexibility index (Phi) is 4.33. The SMILES string of the molecule is Fc1nc(F)nc(C(F)(C(F)(F)F)C(F)(F)Oc2ccccc2)n1. The monoisotopic (exact) mass is 359 g/mol. The molecule has 1 aromatic heterocycles. The van der Waals surface area contributed by atoms with Crippen molar-refractivity contribution in [1.29, 1.82) is 0 Å². The van der Waals surface area contributed by atoms with E-state index in [1.807, 2.05) is 0 Å². The fourth-order valence-electron chi connectivity index (χ4n) is 1.61. The van der Waals surface area contributed by atoms with Gasteiger partial charge in [-0.3, -0.25) is 0 Å². The zero-order valence-electron chi connectivity index (χ0n) is 11.2. The van der Waals surface area contributed by atoms with Crippen molar-refractivity contribution >= 4 is 0 Å². The topological polar surface area (TPSA) is 47.9 Å². The lowest BCUT2D eigenvalue weighted by Gasteiger charge is -2.32. The van der Waals surface area contributed by atoms with E-state index in [0.29, 0.717) is 0 Å². The van der Waals surface area contributed by atoms with Crippen molar-refractivity contribution in [1.82, 2.24) is 15.0 Å². The molecule has 4 nitrogen and oxygen atoms in total. The van der Waals surface area contributed by atoms with Crippen LogP contribution < -0.4 is 4.74 Å². The average Bonchev–Trinajstić information content (AvgIpc) is 2.44. The molecule has 0 radical (unpaired) electrons. The molecule has 130 valence electrons. The van der Waals surface area contributed by atoms with Gasteiger partial charge in [0.2, 0.25) is 0 Å². The average molecular weight is 359 g/mol. The van der Waals surface area contributed by atoms with Gasteiger partial charge in [0.1, 0.15) is 5.75 Å². The number of hydrogen-bond acceptors (Lipinski definition) is 4. The Morgan fingerprint density at radius 3 is 1.71 bits per heavy atom. The molecule has 0 amide bonds. The molecule has 0 spiro atoms. The van der Waals surface area contributed by atoms with Gasteiger partial charge in [0.05, 0.1) is 0 Å². The van der Waals surface area contributed by atoms with Crippen LogP contribution in [0.4, 0.5) is 35.1 Å². The lowest BCUT2D eigenvalue weighted by Crippen LogP contribution is -2.56. The minimum Gasteiger partial charge on any atom is -0.430 e. The lowest BCUT2D eigenvalue weighted by molar-refractivity contribution is -0.367. The summed E-state index contributed by atoms with van der Waals surface area (Å²) in [4.78, 5) is 6.61. The molecule has 0 saturated heterocycles. The van der Waals surface area contributed by atoms with Crippen LogP contribution in [-0.2, 0) is 5.67 Å². The molecule has 1 heterocycles. The number of para-hydroxylation sites is 1. The maximum absolute atomic E-state index is 14.4. The van der Waals surface area contributed by atoms with E-state index in [4.69, 9.17) is 0 Å². The second kappa shape index (κ2) is 5.83. The predicted molar refractivity (Wildman–Crippen MR) is 60.6 cm³/mol. The van der Waals surface area contributed by atoms with Gasteiger partial charge in [0, 0.05) is 0 Å². The molecule has 0 aliphatic heterocycles. The van der Waals surface area contributed by atoms with Gasteiger partial charge < -0.3 is 4.74 Å². The summed E-state index contributed by atoms with van der Waals surface area (Å²) in [6.07, 6.45) is -16.4. The molecular weight excluding hydrogens is 354 g/mol. The van der Waals surface area contributed by atoms with Crippen LogP contribution in [0.25, 0.3) is 0 Å². The summed E-state index contributed by atoms with van der Waals surface area (Å²) >= 11 is 0. The predicted octanol–water partition coefficient (Wildman–Crippen LogP) is 3.55. The summed E-state index contributed by atoms with van der Waals surface area (Å²) in [7, 11) is 0. The fourth-order valence-corrected chi connectivity index (χ4v) is 1.61. The van der Waals surface area contributed by atoms with Gasteiger partial charge in [0.25, 0.3) is 0 Å². The molecule has 0 aliphatic carbocycles. The van der Waals surface area contributed by atoms with E-state index in [1.54, 1.807) is 0 Å². The van der Waals surface area contributed by atoms with E-state index >= 15 is 0 Å². The number of nitrogens with zero attached hydrogens (tertiary/aromatic N) is 3. The fraction of sp³-hybridized carbons (Fsp3) is 0.250. The van der Waals surface area contributed by atoms with E-state index in [1.165, 1.54) is 6.07 Å². The molecule has 0 N–H and O–H groups in total. The summed E-state index contributed by atoms with van der Waals surface area (Å²) < 4.78 is 111. The van der Waals surface area contributed by atoms with Crippen molar-refractivity contribution in [3.63, 3.8) is 0 Å². The first-order chi connectivity index (χ1) is 11.0. The first kappa shape index (κ1) is 17.8. The zero-order valence-corrected chi connectivity index (χ0v) is 11.2. The number of benzene rings is 1. The van der Waals surface area contributed by atoms with E-state index in [9.17, 15) is 35.1 Å². The summed E-state index contributed by atoms with van der Waals surface area (Å²) in [5.41, 5.74) is -5.74. The van der Waals surface area contributed by atoms with Crippen molar-refractivity contribution in [2.45, 2.75) is 18.0 Å². The molecule has 2 rings (SSSR count). The Hall–Kier alpha value is -2.53. The molecule has 0 saturated carbocycles. The van der Waals surface area contributed by atoms with Crippen LogP contribution in [0, 0.1) is 12.2 Å². The van der Waals surface area contributed by atoms with E-state index in [2.05, 4.69) is 19.7 Å². The van der Waals surface area contributed by atoms with Crippen LogP contribution in [0.5, 0.6) is 5.75 Å². The maximum Gasteiger partial charge on any atom is 0.450 e. The first-order valence-electron chi connectivity index (χ1n) is 5.92. The molecule has 12 heteroatoms. The van der Waals surface area contributed by atoms with Crippen molar-refractivity contribution in [3.8, 4) is 5.75 Å². The van der Waals surface area contributed by atoms with Crippen LogP contribution in [0.3, 0.4) is 0 Å². The minimum absolute atomic E-state index is 0.819. The van der Waals surface area contributed by atoms with Gasteiger partial charge in [0.15, 0.2) is 5.82 Å². The third-order valence-corrected chi connectivity index (χ3v) is 2.67. The van der Waals surface area contributed by atoms with Crippen molar-refractivity contribution in [3.05, 3.63) is 48.3 Å². The molecule has 0 aliphatic rings. The number of rotatable bonds is 4. The van der Waals surface area contributed by atoms with Gasteiger partial charge in [-0.2, -0.15) is 45.7 Å². The molecule has 2 aromatic rings. The highest BCUT2D eigenvalue weighted by Crippen LogP contribution is 2.51. The molecule has 0 fully saturated rings. The smallest absolute Gasteiger partial charge is 0.430 e. The van der Waals surface area contributed by atoms with E-state index < -0.39 is 41.7 Å². The van der Waals surface area contributed by atoms with Crippen LogP contribution in [-0.4, -0.2) is 27.2 Å². The molecular formula is C12H5F8N3O. The van der Waals surface area contributed by atoms with Gasteiger partial charge in [-0.1, -0.05) is 18.2 Å². The quantitative estimate of drug-likeness (QED) is 0.784. The van der Waals surface area contributed by atoms with Gasteiger partial charge in [-0.05, 0) is 12.1 Å². The van der Waals surface area contributed by atoms with Crippen LogP contribution in [0.1, 0.15) is 5.82 Å². The van der Waals surface area contributed by atoms with Crippen molar-refractivity contribution < 1.29 is 39.9 Å². The van der Waals surface area contributed by atoms with Gasteiger partial charge >= 0.3 is 30.1 Å². The Bertz CT molecular complexity index is 704. The Morgan fingerprint density at radius 1 is 0.750 bits per heavy atom. The highest BCUT2D eigenvalue weighted by atomic mass is 19.4. The van der Waals surface area contributed by atoms with Crippen LogP contribution >= 0.6 is 0 Å².